The molecule has 0 aromatic rings. The lowest BCUT2D eigenvalue weighted by Crippen LogP contribution is -2.52. The second kappa shape index (κ2) is 7.24. The number of aliphatic hydroxyl groups excluding tert-OH is 1. The van der Waals surface area contributed by atoms with Gasteiger partial charge in [0.1, 0.15) is 0 Å². The maximum absolute atomic E-state index is 12.0. The fraction of sp³-hybridized carbons (Fsp3) is 0.917. The quantitative estimate of drug-likeness (QED) is 0.677. The van der Waals surface area contributed by atoms with E-state index < -0.39 is 0 Å². The molecule has 0 aromatic heterocycles. The predicted octanol–water partition coefficient (Wildman–Crippen LogP) is 0.603. The summed E-state index contributed by atoms with van der Waals surface area (Å²) in [6.45, 7) is 5.14. The molecule has 1 rings (SSSR count). The van der Waals surface area contributed by atoms with Gasteiger partial charge in [-0.3, -0.25) is 4.79 Å². The number of piperidine rings is 1. The van der Waals surface area contributed by atoms with Crippen LogP contribution in [-0.2, 0) is 4.79 Å². The van der Waals surface area contributed by atoms with E-state index in [2.05, 4.69) is 17.6 Å². The van der Waals surface area contributed by atoms with Crippen LogP contribution in [0.5, 0.6) is 0 Å². The number of rotatable bonds is 5. The maximum atomic E-state index is 12.0. The predicted molar refractivity (Wildman–Crippen MR) is 72.2 cm³/mol. The molecule has 1 fully saturated rings. The fourth-order valence-electron chi connectivity index (χ4n) is 2.16. The van der Waals surface area contributed by atoms with Crippen molar-refractivity contribution < 1.29 is 9.90 Å². The minimum Gasteiger partial charge on any atom is -0.395 e. The zero-order valence-electron chi connectivity index (χ0n) is 10.9. The average molecular weight is 260 g/mol. The van der Waals surface area contributed by atoms with Gasteiger partial charge in [-0.25, -0.2) is 0 Å². The molecular formula is C12H24N2O2S. The van der Waals surface area contributed by atoms with Crippen LogP contribution in [0, 0.1) is 5.92 Å². The van der Waals surface area contributed by atoms with Crippen molar-refractivity contribution in [1.82, 2.24) is 10.6 Å². The summed E-state index contributed by atoms with van der Waals surface area (Å²) in [5.41, 5.74) is 0. The molecule has 0 aromatic carbocycles. The van der Waals surface area contributed by atoms with Crippen LogP contribution < -0.4 is 10.6 Å². The number of hydrogen-bond donors (Lipinski definition) is 3. The van der Waals surface area contributed by atoms with E-state index in [1.54, 1.807) is 11.8 Å². The van der Waals surface area contributed by atoms with E-state index in [-0.39, 0.29) is 29.8 Å². The van der Waals surface area contributed by atoms with Gasteiger partial charge in [-0.05, 0) is 38.5 Å². The Balaban J connectivity index is 2.42. The standard InChI is InChI=1S/C12H24N2O2S/c1-8-4-5-13-10(6-8)12(16)14-9(2)11(7-15)17-3/h8-11,13,15H,4-7H2,1-3H3,(H,14,16). The monoisotopic (exact) mass is 260 g/mol. The molecule has 1 heterocycles. The van der Waals surface area contributed by atoms with Gasteiger partial charge < -0.3 is 15.7 Å². The van der Waals surface area contributed by atoms with Crippen LogP contribution in [0.3, 0.4) is 0 Å². The van der Waals surface area contributed by atoms with Crippen LogP contribution in [0.2, 0.25) is 0 Å². The molecular weight excluding hydrogens is 236 g/mol. The van der Waals surface area contributed by atoms with Crippen LogP contribution in [0.1, 0.15) is 26.7 Å². The van der Waals surface area contributed by atoms with Crippen molar-refractivity contribution in [2.75, 3.05) is 19.4 Å². The van der Waals surface area contributed by atoms with Gasteiger partial charge in [0.05, 0.1) is 12.6 Å². The first-order valence-electron chi connectivity index (χ1n) is 6.25. The van der Waals surface area contributed by atoms with Gasteiger partial charge in [-0.15, -0.1) is 0 Å². The molecule has 0 spiro atoms. The van der Waals surface area contributed by atoms with Crippen LogP contribution in [-0.4, -0.2) is 47.8 Å². The Bertz CT molecular complexity index is 247. The molecule has 4 nitrogen and oxygen atoms in total. The van der Waals surface area contributed by atoms with E-state index in [1.807, 2.05) is 13.2 Å². The van der Waals surface area contributed by atoms with Gasteiger partial charge in [0.2, 0.25) is 5.91 Å². The third kappa shape index (κ3) is 4.48. The summed E-state index contributed by atoms with van der Waals surface area (Å²) >= 11 is 1.58. The lowest BCUT2D eigenvalue weighted by atomic mass is 9.94. The first kappa shape index (κ1) is 14.8. The fourth-order valence-corrected chi connectivity index (χ4v) is 2.79. The van der Waals surface area contributed by atoms with Crippen molar-refractivity contribution in [1.29, 1.82) is 0 Å². The molecule has 0 bridgehead atoms. The number of hydrogen-bond acceptors (Lipinski definition) is 4. The highest BCUT2D eigenvalue weighted by Gasteiger charge is 2.26. The topological polar surface area (TPSA) is 61.4 Å². The van der Waals surface area contributed by atoms with Crippen molar-refractivity contribution in [3.8, 4) is 0 Å². The minimum absolute atomic E-state index is 0.00142. The third-order valence-electron chi connectivity index (χ3n) is 3.39. The molecule has 1 amide bonds. The summed E-state index contributed by atoms with van der Waals surface area (Å²) in [6, 6.07) is -0.0658. The summed E-state index contributed by atoms with van der Waals surface area (Å²) in [4.78, 5) is 12.0. The van der Waals surface area contributed by atoms with Crippen molar-refractivity contribution in [3.63, 3.8) is 0 Å². The molecule has 0 aliphatic carbocycles. The lowest BCUT2D eigenvalue weighted by molar-refractivity contribution is -0.124. The lowest BCUT2D eigenvalue weighted by Gasteiger charge is -2.29. The van der Waals surface area contributed by atoms with Gasteiger partial charge >= 0.3 is 0 Å². The highest BCUT2D eigenvalue weighted by atomic mass is 32.2. The molecule has 0 radical (unpaired) electrons. The number of nitrogens with one attached hydrogen (secondary N) is 2. The van der Waals surface area contributed by atoms with Crippen LogP contribution >= 0.6 is 11.8 Å². The second-order valence-corrected chi connectivity index (χ2v) is 5.97. The van der Waals surface area contributed by atoms with Crippen molar-refractivity contribution in [2.24, 2.45) is 5.92 Å². The van der Waals surface area contributed by atoms with Crippen LogP contribution in [0.25, 0.3) is 0 Å². The number of carbonyl (C=O) groups excluding carboxylic acids is 1. The van der Waals surface area contributed by atoms with E-state index in [4.69, 9.17) is 0 Å². The maximum Gasteiger partial charge on any atom is 0.237 e. The van der Waals surface area contributed by atoms with Gasteiger partial charge in [0.15, 0.2) is 0 Å². The smallest absolute Gasteiger partial charge is 0.237 e. The molecule has 1 aliphatic heterocycles. The van der Waals surface area contributed by atoms with Gasteiger partial charge in [-0.2, -0.15) is 11.8 Å². The highest BCUT2D eigenvalue weighted by molar-refractivity contribution is 7.99. The summed E-state index contributed by atoms with van der Waals surface area (Å²) in [5, 5.41) is 15.5. The molecule has 4 unspecified atom stereocenters. The Labute approximate surface area is 108 Å². The summed E-state index contributed by atoms with van der Waals surface area (Å²) in [5.74, 6) is 0.674. The highest BCUT2D eigenvalue weighted by Crippen LogP contribution is 2.16. The minimum atomic E-state index is -0.0672. The largest absolute Gasteiger partial charge is 0.395 e. The summed E-state index contributed by atoms with van der Waals surface area (Å²) < 4.78 is 0. The third-order valence-corrected chi connectivity index (χ3v) is 4.56. The molecule has 4 atom stereocenters. The zero-order chi connectivity index (χ0) is 12.8. The Kier molecular flexibility index (Phi) is 6.30. The molecule has 17 heavy (non-hydrogen) atoms. The summed E-state index contributed by atoms with van der Waals surface area (Å²) in [7, 11) is 0. The Morgan fingerprint density at radius 2 is 2.35 bits per heavy atom. The Morgan fingerprint density at radius 1 is 1.65 bits per heavy atom. The van der Waals surface area contributed by atoms with Gasteiger partial charge in [0.25, 0.3) is 0 Å². The zero-order valence-corrected chi connectivity index (χ0v) is 11.7. The molecule has 5 heteroatoms. The Morgan fingerprint density at radius 3 is 2.88 bits per heavy atom. The van der Waals surface area contributed by atoms with E-state index in [0.717, 1.165) is 19.4 Å². The van der Waals surface area contributed by atoms with E-state index in [0.29, 0.717) is 5.92 Å². The van der Waals surface area contributed by atoms with Crippen molar-refractivity contribution in [3.05, 3.63) is 0 Å². The first-order chi connectivity index (χ1) is 8.08. The van der Waals surface area contributed by atoms with Crippen molar-refractivity contribution in [2.45, 2.75) is 44.0 Å². The van der Waals surface area contributed by atoms with E-state index in [9.17, 15) is 9.90 Å². The van der Waals surface area contributed by atoms with Gasteiger partial charge in [-0.1, -0.05) is 6.92 Å². The second-order valence-electron chi connectivity index (χ2n) is 4.89. The SMILES string of the molecule is CSC(CO)C(C)NC(=O)C1CC(C)CCN1. The number of amides is 1. The number of thioether (sulfide) groups is 1. The molecule has 3 N–H and O–H groups in total. The molecule has 100 valence electrons. The number of aliphatic hydroxyl groups is 1. The summed E-state index contributed by atoms with van der Waals surface area (Å²) in [6.07, 6.45) is 4.00. The average Bonchev–Trinajstić information content (AvgIpc) is 2.30. The van der Waals surface area contributed by atoms with E-state index in [1.165, 1.54) is 0 Å². The Hall–Kier alpha value is -0.260. The molecule has 1 saturated heterocycles. The van der Waals surface area contributed by atoms with Crippen LogP contribution in [0.15, 0.2) is 0 Å². The molecule has 0 saturated carbocycles. The van der Waals surface area contributed by atoms with Crippen molar-refractivity contribution >= 4 is 17.7 Å². The van der Waals surface area contributed by atoms with Crippen LogP contribution in [0.4, 0.5) is 0 Å². The normalized spacial score (nSPS) is 28.5. The molecule has 1 aliphatic rings. The van der Waals surface area contributed by atoms with E-state index >= 15 is 0 Å². The number of carbonyl (C=O) groups is 1. The van der Waals surface area contributed by atoms with Gasteiger partial charge in [0, 0.05) is 11.3 Å². The first-order valence-corrected chi connectivity index (χ1v) is 7.54.